The Balaban J connectivity index is 2.63. The van der Waals surface area contributed by atoms with E-state index in [0.29, 0.717) is 0 Å². The predicted octanol–water partition coefficient (Wildman–Crippen LogP) is 3.23. The van der Waals surface area contributed by atoms with Crippen LogP contribution in [0.25, 0.3) is 11.0 Å². The molecule has 2 rings (SSSR count). The third kappa shape index (κ3) is 1.70. The van der Waals surface area contributed by atoms with Crippen molar-refractivity contribution in [2.45, 2.75) is 17.3 Å². The molecule has 0 spiro atoms. The summed E-state index contributed by atoms with van der Waals surface area (Å²) >= 11 is 2.38. The first kappa shape index (κ1) is 8.99. The number of benzene rings is 1. The molecule has 2 nitrogen and oxygen atoms in total. The fourth-order valence-corrected chi connectivity index (χ4v) is 1.49. The third-order valence-electron chi connectivity index (χ3n) is 1.95. The average Bonchev–Trinajstić information content (AvgIpc) is 2.45. The van der Waals surface area contributed by atoms with Crippen molar-refractivity contribution in [3.8, 4) is 0 Å². The van der Waals surface area contributed by atoms with Gasteiger partial charge < -0.3 is 4.98 Å². The summed E-state index contributed by atoms with van der Waals surface area (Å²) in [4.78, 5) is 7.84. The maximum Gasteiger partial charge on any atom is 0.122 e. The summed E-state index contributed by atoms with van der Waals surface area (Å²) in [5, 5.41) is 0. The van der Waals surface area contributed by atoms with Gasteiger partial charge in [-0.05, 0) is 26.0 Å². The molecule has 0 saturated heterocycles. The first-order chi connectivity index (χ1) is 6.07. The summed E-state index contributed by atoms with van der Waals surface area (Å²) in [6.45, 7) is 4.29. The Morgan fingerprint density at radius 1 is 1.31 bits per heavy atom. The highest BCUT2D eigenvalue weighted by Gasteiger charge is 2.19. The minimum absolute atomic E-state index is 0.0662. The number of rotatable bonds is 1. The molecule has 0 radical (unpaired) electrons. The Morgan fingerprint density at radius 3 is 2.62 bits per heavy atom. The number of nitrogens with one attached hydrogen (secondary N) is 1. The third-order valence-corrected chi connectivity index (χ3v) is 2.46. The quantitative estimate of drug-likeness (QED) is 0.632. The van der Waals surface area contributed by atoms with Crippen molar-refractivity contribution in [3.63, 3.8) is 0 Å². The van der Waals surface area contributed by atoms with Crippen LogP contribution in [0, 0.1) is 0 Å². The number of fused-ring (bicyclic) bond motifs is 1. The molecular weight excluding hydrogens is 275 g/mol. The number of hydrogen-bond acceptors (Lipinski definition) is 1. The Morgan fingerprint density at radius 2 is 2.00 bits per heavy atom. The smallest absolute Gasteiger partial charge is 0.122 e. The van der Waals surface area contributed by atoms with Gasteiger partial charge in [0.25, 0.3) is 0 Å². The van der Waals surface area contributed by atoms with Crippen LogP contribution in [0.3, 0.4) is 0 Å². The van der Waals surface area contributed by atoms with Crippen LogP contribution in [0.15, 0.2) is 24.3 Å². The summed E-state index contributed by atoms with van der Waals surface area (Å²) in [6.07, 6.45) is 0. The summed E-state index contributed by atoms with van der Waals surface area (Å²) in [5.41, 5.74) is 2.16. The normalized spacial score (nSPS) is 12.2. The molecule has 0 atom stereocenters. The minimum Gasteiger partial charge on any atom is -0.341 e. The Kier molecular flexibility index (Phi) is 2.06. The lowest BCUT2D eigenvalue weighted by Crippen LogP contribution is -2.08. The molecule has 1 aromatic heterocycles. The second-order valence-corrected chi connectivity index (χ2v) is 6.27. The van der Waals surface area contributed by atoms with Gasteiger partial charge in [-0.1, -0.05) is 34.7 Å². The van der Waals surface area contributed by atoms with Gasteiger partial charge in [-0.15, -0.1) is 0 Å². The van der Waals surface area contributed by atoms with Gasteiger partial charge in [0, 0.05) is 0 Å². The van der Waals surface area contributed by atoms with Gasteiger partial charge in [-0.25, -0.2) is 4.98 Å². The Bertz CT molecular complexity index is 393. The van der Waals surface area contributed by atoms with Crippen molar-refractivity contribution in [1.29, 1.82) is 0 Å². The molecule has 1 aromatic carbocycles. The molecule has 0 amide bonds. The lowest BCUT2D eigenvalue weighted by atomic mass is 10.2. The molecule has 0 fully saturated rings. The van der Waals surface area contributed by atoms with Crippen LogP contribution in [0.1, 0.15) is 19.7 Å². The van der Waals surface area contributed by atoms with Crippen LogP contribution in [0.2, 0.25) is 0 Å². The molecule has 68 valence electrons. The molecule has 2 aromatic rings. The second kappa shape index (κ2) is 2.97. The van der Waals surface area contributed by atoms with E-state index in [1.54, 1.807) is 0 Å². The molecule has 1 heterocycles. The predicted molar refractivity (Wildman–Crippen MR) is 63.1 cm³/mol. The van der Waals surface area contributed by atoms with Crippen LogP contribution in [0.4, 0.5) is 0 Å². The summed E-state index contributed by atoms with van der Waals surface area (Å²) in [5.74, 6) is 1.04. The summed E-state index contributed by atoms with van der Waals surface area (Å²) in [7, 11) is 0. The zero-order chi connectivity index (χ0) is 9.47. The fraction of sp³-hybridized carbons (Fsp3) is 0.300. The van der Waals surface area contributed by atoms with Crippen LogP contribution in [-0.2, 0) is 3.42 Å². The molecule has 0 aliphatic rings. The highest BCUT2D eigenvalue weighted by Crippen LogP contribution is 2.29. The topological polar surface area (TPSA) is 28.7 Å². The summed E-state index contributed by atoms with van der Waals surface area (Å²) < 4.78 is 0.0662. The zero-order valence-corrected chi connectivity index (χ0v) is 9.79. The van der Waals surface area contributed by atoms with E-state index < -0.39 is 0 Å². The van der Waals surface area contributed by atoms with Crippen molar-refractivity contribution in [2.75, 3.05) is 0 Å². The lowest BCUT2D eigenvalue weighted by Gasteiger charge is -2.11. The number of nitrogens with zero attached hydrogens (tertiary/aromatic N) is 1. The van der Waals surface area contributed by atoms with E-state index in [-0.39, 0.29) is 3.42 Å². The number of halogens is 1. The van der Waals surface area contributed by atoms with Crippen molar-refractivity contribution < 1.29 is 0 Å². The number of aromatic nitrogens is 2. The largest absolute Gasteiger partial charge is 0.341 e. The molecule has 0 unspecified atom stereocenters. The SMILES string of the molecule is CC(C)(I)c1nc2ccccc2[nH]1. The van der Waals surface area contributed by atoms with E-state index >= 15 is 0 Å². The van der Waals surface area contributed by atoms with E-state index in [9.17, 15) is 0 Å². The van der Waals surface area contributed by atoms with Gasteiger partial charge in [0.05, 0.1) is 14.5 Å². The second-order valence-electron chi connectivity index (χ2n) is 3.58. The van der Waals surface area contributed by atoms with Crippen molar-refractivity contribution in [1.82, 2.24) is 9.97 Å². The van der Waals surface area contributed by atoms with Gasteiger partial charge in [0.1, 0.15) is 5.82 Å². The number of para-hydroxylation sites is 2. The molecule has 0 aliphatic heterocycles. The lowest BCUT2D eigenvalue weighted by molar-refractivity contribution is 0.764. The first-order valence-corrected chi connectivity index (χ1v) is 5.29. The van der Waals surface area contributed by atoms with E-state index in [0.717, 1.165) is 16.9 Å². The monoisotopic (exact) mass is 286 g/mol. The molecule has 1 N–H and O–H groups in total. The van der Waals surface area contributed by atoms with Gasteiger partial charge in [-0.2, -0.15) is 0 Å². The van der Waals surface area contributed by atoms with Gasteiger partial charge in [-0.3, -0.25) is 0 Å². The number of imidazole rings is 1. The molecule has 3 heteroatoms. The molecular formula is C10H11IN2. The minimum atomic E-state index is 0.0662. The van der Waals surface area contributed by atoms with Crippen LogP contribution >= 0.6 is 22.6 Å². The van der Waals surface area contributed by atoms with Crippen LogP contribution < -0.4 is 0 Å². The highest BCUT2D eigenvalue weighted by atomic mass is 127. The van der Waals surface area contributed by atoms with Crippen molar-refractivity contribution in [2.24, 2.45) is 0 Å². The average molecular weight is 286 g/mol. The van der Waals surface area contributed by atoms with Crippen molar-refractivity contribution >= 4 is 33.6 Å². The Hall–Kier alpha value is -0.580. The molecule has 0 bridgehead atoms. The molecule has 13 heavy (non-hydrogen) atoms. The van der Waals surface area contributed by atoms with E-state index in [1.807, 2.05) is 24.3 Å². The van der Waals surface area contributed by atoms with E-state index in [1.165, 1.54) is 0 Å². The Labute approximate surface area is 90.9 Å². The zero-order valence-electron chi connectivity index (χ0n) is 7.63. The maximum absolute atomic E-state index is 4.52. The number of alkyl halides is 1. The van der Waals surface area contributed by atoms with Gasteiger partial charge in [0.2, 0.25) is 0 Å². The van der Waals surface area contributed by atoms with Crippen molar-refractivity contribution in [3.05, 3.63) is 30.1 Å². The van der Waals surface area contributed by atoms with Gasteiger partial charge >= 0.3 is 0 Å². The standard InChI is InChI=1S/C10H11IN2/c1-10(2,11)9-12-7-5-3-4-6-8(7)13-9/h3-6H,1-2H3,(H,12,13). The van der Waals surface area contributed by atoms with Gasteiger partial charge in [0.15, 0.2) is 0 Å². The van der Waals surface area contributed by atoms with Crippen LogP contribution in [-0.4, -0.2) is 9.97 Å². The summed E-state index contributed by atoms with van der Waals surface area (Å²) in [6, 6.07) is 8.10. The van der Waals surface area contributed by atoms with E-state index in [4.69, 9.17) is 0 Å². The number of hydrogen-bond donors (Lipinski definition) is 1. The molecule has 0 aliphatic carbocycles. The highest BCUT2D eigenvalue weighted by molar-refractivity contribution is 14.1. The maximum atomic E-state index is 4.52. The van der Waals surface area contributed by atoms with Crippen LogP contribution in [0.5, 0.6) is 0 Å². The number of H-pyrrole nitrogens is 1. The first-order valence-electron chi connectivity index (χ1n) is 4.21. The fourth-order valence-electron chi connectivity index (χ4n) is 1.23. The van der Waals surface area contributed by atoms with E-state index in [2.05, 4.69) is 46.4 Å². The number of aromatic amines is 1. The molecule has 0 saturated carbocycles.